The lowest BCUT2D eigenvalue weighted by Gasteiger charge is -2.25. The van der Waals surface area contributed by atoms with Gasteiger partial charge >= 0.3 is 0 Å². The Balaban J connectivity index is 1.96. The number of methoxy groups -OCH3 is 2. The number of nitrogens with zero attached hydrogens (tertiary/aromatic N) is 2. The topological polar surface area (TPSA) is 59.1 Å². The molecule has 0 aromatic heterocycles. The molecule has 0 fully saturated rings. The summed E-state index contributed by atoms with van der Waals surface area (Å²) in [5, 5.41) is 0. The van der Waals surface area contributed by atoms with Gasteiger partial charge in [-0.1, -0.05) is 36.4 Å². The summed E-state index contributed by atoms with van der Waals surface area (Å²) < 4.78 is 10.9. The largest absolute Gasteiger partial charge is 0.493 e. The highest BCUT2D eigenvalue weighted by Gasteiger charge is 2.43. The molecule has 4 rings (SSSR count). The third-order valence-electron chi connectivity index (χ3n) is 5.99. The van der Waals surface area contributed by atoms with Gasteiger partial charge in [-0.25, -0.2) is 4.90 Å². The van der Waals surface area contributed by atoms with Crippen molar-refractivity contribution in [2.24, 2.45) is 0 Å². The Morgan fingerprint density at radius 1 is 0.824 bits per heavy atom. The lowest BCUT2D eigenvalue weighted by atomic mass is 10.0. The van der Waals surface area contributed by atoms with Crippen LogP contribution in [-0.4, -0.2) is 32.6 Å². The Labute approximate surface area is 200 Å². The Kier molecular flexibility index (Phi) is 6.41. The summed E-state index contributed by atoms with van der Waals surface area (Å²) in [5.74, 6) is 0.316. The first kappa shape index (κ1) is 23.1. The average molecular weight is 457 g/mol. The van der Waals surface area contributed by atoms with Crippen molar-refractivity contribution in [1.82, 2.24) is 0 Å². The number of amides is 2. The maximum atomic E-state index is 14.0. The van der Waals surface area contributed by atoms with Gasteiger partial charge in [0.2, 0.25) is 0 Å². The van der Waals surface area contributed by atoms with Crippen LogP contribution in [0.2, 0.25) is 0 Å². The second-order valence-corrected chi connectivity index (χ2v) is 8.11. The number of imide groups is 1. The monoisotopic (exact) mass is 456 g/mol. The summed E-state index contributed by atoms with van der Waals surface area (Å²) in [4.78, 5) is 31.1. The van der Waals surface area contributed by atoms with E-state index in [4.69, 9.17) is 9.47 Å². The number of likely N-dealkylation sites (N-methyl/N-ethyl adjacent to an activating group) is 1. The molecule has 6 heteroatoms. The predicted molar refractivity (Wildman–Crippen MR) is 134 cm³/mol. The van der Waals surface area contributed by atoms with Crippen LogP contribution >= 0.6 is 0 Å². The van der Waals surface area contributed by atoms with E-state index in [1.54, 1.807) is 32.4 Å². The number of hydrogen-bond acceptors (Lipinski definition) is 5. The van der Waals surface area contributed by atoms with Crippen LogP contribution in [-0.2, 0) is 9.59 Å². The molecular weight excluding hydrogens is 428 g/mol. The van der Waals surface area contributed by atoms with Crippen molar-refractivity contribution in [3.05, 3.63) is 89.1 Å². The first-order valence-electron chi connectivity index (χ1n) is 11.2. The van der Waals surface area contributed by atoms with Gasteiger partial charge in [0.15, 0.2) is 11.5 Å². The fraction of sp³-hybridized carbons (Fsp3) is 0.214. The molecule has 0 saturated carbocycles. The van der Waals surface area contributed by atoms with E-state index in [1.807, 2.05) is 74.2 Å². The van der Waals surface area contributed by atoms with Crippen molar-refractivity contribution in [2.45, 2.75) is 20.8 Å². The number of hydrogen-bond donors (Lipinski definition) is 0. The van der Waals surface area contributed by atoms with Crippen molar-refractivity contribution in [3.8, 4) is 11.5 Å². The molecule has 0 spiro atoms. The van der Waals surface area contributed by atoms with E-state index in [0.717, 1.165) is 16.8 Å². The zero-order chi connectivity index (χ0) is 24.4. The molecule has 34 heavy (non-hydrogen) atoms. The van der Waals surface area contributed by atoms with Crippen molar-refractivity contribution in [2.75, 3.05) is 30.6 Å². The maximum Gasteiger partial charge on any atom is 0.282 e. The highest BCUT2D eigenvalue weighted by Crippen LogP contribution is 2.40. The van der Waals surface area contributed by atoms with E-state index >= 15 is 0 Å². The highest BCUT2D eigenvalue weighted by molar-refractivity contribution is 6.46. The van der Waals surface area contributed by atoms with Crippen LogP contribution in [0.25, 0.3) is 5.57 Å². The molecular formula is C28H28N2O4. The van der Waals surface area contributed by atoms with Gasteiger partial charge in [0.1, 0.15) is 5.70 Å². The van der Waals surface area contributed by atoms with E-state index in [0.29, 0.717) is 40.6 Å². The molecule has 0 aliphatic carbocycles. The number of carbonyl (C=O) groups is 2. The molecule has 2 amide bonds. The summed E-state index contributed by atoms with van der Waals surface area (Å²) in [6.45, 7) is 6.32. The summed E-state index contributed by atoms with van der Waals surface area (Å²) in [6, 6.07) is 20.7. The fourth-order valence-corrected chi connectivity index (χ4v) is 4.28. The van der Waals surface area contributed by atoms with Gasteiger partial charge in [0.05, 0.1) is 25.5 Å². The van der Waals surface area contributed by atoms with Gasteiger partial charge in [0.25, 0.3) is 11.8 Å². The van der Waals surface area contributed by atoms with E-state index < -0.39 is 0 Å². The van der Waals surface area contributed by atoms with E-state index in [1.165, 1.54) is 4.90 Å². The first-order chi connectivity index (χ1) is 16.4. The minimum atomic E-state index is -0.365. The minimum Gasteiger partial charge on any atom is -0.493 e. The van der Waals surface area contributed by atoms with Gasteiger partial charge < -0.3 is 14.4 Å². The second-order valence-electron chi connectivity index (χ2n) is 8.11. The number of para-hydroxylation sites is 1. The van der Waals surface area contributed by atoms with Gasteiger partial charge in [-0.3, -0.25) is 9.59 Å². The van der Waals surface area contributed by atoms with Crippen molar-refractivity contribution >= 4 is 28.8 Å². The van der Waals surface area contributed by atoms with Gasteiger partial charge in [-0.15, -0.1) is 0 Å². The van der Waals surface area contributed by atoms with Gasteiger partial charge in [-0.05, 0) is 67.8 Å². The molecule has 0 radical (unpaired) electrons. The average Bonchev–Trinajstić information content (AvgIpc) is 3.11. The summed E-state index contributed by atoms with van der Waals surface area (Å²) >= 11 is 0. The Bertz CT molecular complexity index is 1280. The zero-order valence-corrected chi connectivity index (χ0v) is 20.1. The number of aryl methyl sites for hydroxylation is 2. The van der Waals surface area contributed by atoms with Crippen LogP contribution in [0.3, 0.4) is 0 Å². The third kappa shape index (κ3) is 3.92. The molecule has 6 nitrogen and oxygen atoms in total. The van der Waals surface area contributed by atoms with Crippen LogP contribution in [0.5, 0.6) is 11.5 Å². The molecule has 1 aliphatic rings. The quantitative estimate of drug-likeness (QED) is 0.461. The molecule has 0 bridgehead atoms. The van der Waals surface area contributed by atoms with E-state index in [9.17, 15) is 9.59 Å². The van der Waals surface area contributed by atoms with E-state index in [-0.39, 0.29) is 11.8 Å². The predicted octanol–water partition coefficient (Wildman–Crippen LogP) is 5.13. The molecule has 3 aromatic rings. The number of benzene rings is 3. The molecule has 0 atom stereocenters. The molecule has 0 unspecified atom stereocenters. The van der Waals surface area contributed by atoms with Crippen LogP contribution < -0.4 is 19.3 Å². The molecule has 3 aromatic carbocycles. The fourth-order valence-electron chi connectivity index (χ4n) is 4.28. The van der Waals surface area contributed by atoms with Crippen LogP contribution in [0.1, 0.15) is 23.6 Å². The van der Waals surface area contributed by atoms with Crippen molar-refractivity contribution < 1.29 is 19.1 Å². The molecule has 174 valence electrons. The third-order valence-corrected chi connectivity index (χ3v) is 5.99. The number of ether oxygens (including phenoxy) is 2. The Morgan fingerprint density at radius 3 is 2.18 bits per heavy atom. The van der Waals surface area contributed by atoms with Crippen LogP contribution in [0, 0.1) is 13.8 Å². The van der Waals surface area contributed by atoms with Crippen molar-refractivity contribution in [3.63, 3.8) is 0 Å². The van der Waals surface area contributed by atoms with Crippen LogP contribution in [0.15, 0.2) is 72.4 Å². The summed E-state index contributed by atoms with van der Waals surface area (Å²) in [5.41, 5.74) is 4.51. The molecule has 0 saturated heterocycles. The number of rotatable bonds is 7. The SMILES string of the molecule is CCN(C1=C(c2ccc(OC)c(OC)c2)C(=O)N(c2cc(C)ccc2C)C1=O)c1ccccc1. The summed E-state index contributed by atoms with van der Waals surface area (Å²) in [7, 11) is 3.10. The number of carbonyl (C=O) groups excluding carboxylic acids is 2. The first-order valence-corrected chi connectivity index (χ1v) is 11.2. The lowest BCUT2D eigenvalue weighted by molar-refractivity contribution is -0.120. The standard InChI is InChI=1S/C28H28N2O4/c1-6-29(21-10-8-7-9-11-21)26-25(20-14-15-23(33-4)24(17-20)34-5)27(31)30(28(26)32)22-16-18(2)12-13-19(22)3/h7-17H,6H2,1-5H3. The summed E-state index contributed by atoms with van der Waals surface area (Å²) in [6.07, 6.45) is 0. The molecule has 1 aliphatic heterocycles. The van der Waals surface area contributed by atoms with Gasteiger partial charge in [0, 0.05) is 12.2 Å². The highest BCUT2D eigenvalue weighted by atomic mass is 16.5. The van der Waals surface area contributed by atoms with Gasteiger partial charge in [-0.2, -0.15) is 0 Å². The molecule has 1 heterocycles. The Morgan fingerprint density at radius 2 is 1.53 bits per heavy atom. The van der Waals surface area contributed by atoms with Crippen molar-refractivity contribution in [1.29, 1.82) is 0 Å². The zero-order valence-electron chi connectivity index (χ0n) is 20.1. The molecule has 0 N–H and O–H groups in total. The smallest absolute Gasteiger partial charge is 0.282 e. The normalized spacial score (nSPS) is 13.5. The lowest BCUT2D eigenvalue weighted by Crippen LogP contribution is -2.35. The Hall–Kier alpha value is -4.06. The van der Waals surface area contributed by atoms with E-state index in [2.05, 4.69) is 0 Å². The minimum absolute atomic E-state index is 0.331. The van der Waals surface area contributed by atoms with Crippen LogP contribution in [0.4, 0.5) is 11.4 Å². The number of anilines is 2. The maximum absolute atomic E-state index is 14.0. The second kappa shape index (κ2) is 9.43.